The van der Waals surface area contributed by atoms with Crippen LogP contribution in [0, 0.1) is 0 Å². The molecule has 0 unspecified atom stereocenters. The number of nitrogens with zero attached hydrogens (tertiary/aromatic N) is 4. The number of aromatic nitrogens is 4. The van der Waals surface area contributed by atoms with E-state index >= 15 is 0 Å². The average Bonchev–Trinajstić information content (AvgIpc) is 1.38. The largest absolute Gasteiger partial charge is 0.507 e. The molecule has 4 aromatic heterocycles. The molecule has 0 spiro atoms. The van der Waals surface area contributed by atoms with Crippen LogP contribution in [-0.4, -0.2) is 41.1 Å². The molecule has 4 aliphatic rings. The third-order valence-corrected chi connectivity index (χ3v) is 31.3. The number of rotatable bonds is 0. The van der Waals surface area contributed by atoms with Crippen LogP contribution < -0.4 is 0 Å². The number of phenolic OH excluding ortho intramolecular Hbond substituents is 4. The molecule has 22 rings (SSSR count). The van der Waals surface area contributed by atoms with E-state index in [2.05, 4.69) is 385 Å². The van der Waals surface area contributed by atoms with E-state index in [0.29, 0.717) is 123 Å². The zero-order valence-corrected chi connectivity index (χ0v) is 88.5. The zero-order valence-electron chi connectivity index (χ0n) is 88.5. The summed E-state index contributed by atoms with van der Waals surface area (Å²) in [6.45, 7) is 54.4. The monoisotopic (exact) mass is 1910 g/mol. The van der Waals surface area contributed by atoms with Crippen molar-refractivity contribution >= 4 is 43.1 Å². The minimum atomic E-state index is -0.331. The Kier molecular flexibility index (Phi) is 23.4. The molecule has 4 aliphatic carbocycles. The van der Waals surface area contributed by atoms with E-state index in [1.54, 1.807) is 0 Å². The van der Waals surface area contributed by atoms with Crippen molar-refractivity contribution < 1.29 is 38.5 Å². The molecular weight excluding hydrogens is 1770 g/mol. The van der Waals surface area contributed by atoms with Crippen LogP contribution in [0.3, 0.4) is 0 Å². The molecule has 0 saturated heterocycles. The summed E-state index contributed by atoms with van der Waals surface area (Å²) in [7, 11) is 0. The first-order valence-electron chi connectivity index (χ1n) is 51.7. The highest BCUT2D eigenvalue weighted by Crippen LogP contribution is 2.52. The lowest BCUT2D eigenvalue weighted by Gasteiger charge is -2.28. The van der Waals surface area contributed by atoms with Crippen LogP contribution in [-0.2, 0) is 120 Å². The summed E-state index contributed by atoms with van der Waals surface area (Å²) in [5.74, 6) is 3.67. The quantitative estimate of drug-likeness (QED) is 0.106. The van der Waals surface area contributed by atoms with Crippen molar-refractivity contribution in [1.29, 1.82) is 0 Å². The van der Waals surface area contributed by atoms with Crippen LogP contribution in [0.5, 0.6) is 23.0 Å². The van der Waals surface area contributed by atoms with Crippen molar-refractivity contribution in [3.63, 3.8) is 0 Å². The minimum absolute atomic E-state index is 0.257. The van der Waals surface area contributed by atoms with Crippen molar-refractivity contribution in [2.45, 2.75) is 287 Å². The number of phenols is 4. The summed E-state index contributed by atoms with van der Waals surface area (Å²) in [6, 6.07) is 79.5. The van der Waals surface area contributed by atoms with Crippen LogP contribution in [0.15, 0.2) is 236 Å². The fourth-order valence-corrected chi connectivity index (χ4v) is 22.7. The maximum absolute atomic E-state index is 13.7. The molecule has 4 heterocycles. The normalized spacial score (nSPS) is 14.2. The highest BCUT2D eigenvalue weighted by molar-refractivity contribution is 6.22. The van der Waals surface area contributed by atoms with Gasteiger partial charge in [-0.05, 0) is 242 Å². The van der Waals surface area contributed by atoms with Gasteiger partial charge < -0.3 is 38.5 Å². The Hall–Kier alpha value is -13.8. The van der Waals surface area contributed by atoms with Crippen LogP contribution in [0.1, 0.15) is 345 Å². The predicted octanol–water partition coefficient (Wildman–Crippen LogP) is 32.2. The van der Waals surface area contributed by atoms with Gasteiger partial charge in [0.2, 0.25) is 0 Å². The van der Waals surface area contributed by atoms with Crippen molar-refractivity contribution in [3.05, 3.63) is 397 Å². The van der Waals surface area contributed by atoms with Gasteiger partial charge in [-0.2, -0.15) is 0 Å². The molecule has 0 radical (unpaired) electrons. The molecule has 14 aromatic carbocycles. The molecule has 18 aromatic rings. The smallest absolute Gasteiger partial charge is 0.141 e. The fraction of sp³-hybridized carbons (Fsp3) is 0.333. The first-order valence-corrected chi connectivity index (χ1v) is 51.7. The average molecular weight is 1910 g/mol. The lowest BCUT2D eigenvalue weighted by atomic mass is 9.77. The summed E-state index contributed by atoms with van der Waals surface area (Å²) >= 11 is 0. The highest BCUT2D eigenvalue weighted by Gasteiger charge is 2.36. The number of aromatic hydroxyl groups is 4. The third kappa shape index (κ3) is 18.1. The molecule has 0 atom stereocenters. The summed E-state index contributed by atoms with van der Waals surface area (Å²) in [6.07, 6.45) is 4.46. The lowest BCUT2D eigenvalue weighted by molar-refractivity contribution is 0.391. The molecule has 32 bridgehead atoms. The van der Waals surface area contributed by atoms with E-state index < -0.39 is 0 Å². The third-order valence-electron chi connectivity index (χ3n) is 31.3. The van der Waals surface area contributed by atoms with E-state index in [4.69, 9.17) is 38.7 Å². The van der Waals surface area contributed by atoms with Gasteiger partial charge in [-0.25, -0.2) is 0 Å². The summed E-state index contributed by atoms with van der Waals surface area (Å²) in [5, 5.41) is 83.3. The van der Waals surface area contributed by atoms with Gasteiger partial charge in [-0.3, -0.25) is 0 Å². The maximum Gasteiger partial charge on any atom is 0.141 e. The predicted molar refractivity (Wildman–Crippen MR) is 586 cm³/mol. The Morgan fingerprint density at radius 3 is 0.424 bits per heavy atom. The van der Waals surface area contributed by atoms with Gasteiger partial charge in [0.1, 0.15) is 68.8 Å². The first-order chi connectivity index (χ1) is 67.9. The topological polar surface area (TPSA) is 185 Å². The standard InChI is InChI=1S/C132H136N4O8/c1-125(2,3)89-49-73-41-81-57-93(129(13,14)15)59-83(121(81)137)43-75-51-90(126(4,5)6)52-76-44-84-60-94(130(16,17)18)58-82(122(84)138)42-74(50-89)109(73)65-97-69-113(133-141-97)117-101-33-25-27-35-103(101)118(104-36-28-26-34-102(104)117)114-71-99(143-134-114)67-111-77-45-85-61-95(131(19,20)21)63-87(123(85)139)47-79-55-92(128(10,11)12)56-80(48-88-64-96(132(22,23)24)62-86(124(88)140)46-78(111)54-91(53-77)127(7,8)9)112(79)68-100-72-116(136-144-100)120-107-39-31-29-37-105(107)119(106-38-30-32-40-108(106)120)115-70-98(142-135-115)66-110(75)76/h25-40,49-64,69-72,137-140H,41-48,65-68H2,1-24H3. The first kappa shape index (κ1) is 96.3. The maximum atomic E-state index is 13.7. The van der Waals surface area contributed by atoms with E-state index in [9.17, 15) is 20.4 Å². The SMILES string of the molecule is CC(C)(C)c1cc2c(O)c(c1)Cc1cc(C(C)(C)C)cc3c1Cc1cc(no1)-c1c4ccccc4c(c4ccccc14)-c1cc(on1)Cc1c4cc(C(C)(C)C)cc1Cc1cc(C(C)(C)C)cc(c1O)Cc1cc(C(C)(C)C)cc(c1Cc1cc(no1)-c1c5ccccc5c(c5ccccc15)-c1cc(on1)Cc1c(cc(C(C)(C)C)cc1Cc1cc(C(C)(C)C)cc(c1O)C3)C2)Cc1cc(C(C)(C)C)cc(c1O)C4. The van der Waals surface area contributed by atoms with Crippen molar-refractivity contribution in [3.8, 4) is 68.0 Å². The lowest BCUT2D eigenvalue weighted by Crippen LogP contribution is -2.17. The Morgan fingerprint density at radius 2 is 0.299 bits per heavy atom. The molecule has 0 aliphatic heterocycles. The summed E-state index contributed by atoms with van der Waals surface area (Å²) < 4.78 is 27.5. The Labute approximate surface area is 848 Å². The Morgan fingerprint density at radius 1 is 0.174 bits per heavy atom. The van der Waals surface area contributed by atoms with E-state index in [0.717, 1.165) is 221 Å². The Bertz CT molecular complexity index is 6990. The van der Waals surface area contributed by atoms with Crippen molar-refractivity contribution in [2.75, 3.05) is 0 Å². The number of hydrogen-bond donors (Lipinski definition) is 4. The molecule has 4 N–H and O–H groups in total. The van der Waals surface area contributed by atoms with Gasteiger partial charge in [-0.1, -0.05) is 381 Å². The Balaban J connectivity index is 0.821. The molecule has 144 heavy (non-hydrogen) atoms. The van der Waals surface area contributed by atoms with Crippen molar-refractivity contribution in [2.24, 2.45) is 0 Å². The second-order valence-electron chi connectivity index (χ2n) is 50.2. The van der Waals surface area contributed by atoms with Crippen molar-refractivity contribution in [1.82, 2.24) is 20.6 Å². The minimum Gasteiger partial charge on any atom is -0.507 e. The van der Waals surface area contributed by atoms with Gasteiger partial charge in [0.05, 0.1) is 0 Å². The highest BCUT2D eigenvalue weighted by atomic mass is 16.5. The molecule has 0 amide bonds. The fourth-order valence-electron chi connectivity index (χ4n) is 22.7. The number of fused-ring (bicyclic) bond motifs is 4. The van der Waals surface area contributed by atoms with Crippen LogP contribution in [0.4, 0.5) is 0 Å². The van der Waals surface area contributed by atoms with Gasteiger partial charge >= 0.3 is 0 Å². The number of benzene rings is 14. The summed E-state index contributed by atoms with van der Waals surface area (Å²) in [5.41, 5.74) is 31.8. The summed E-state index contributed by atoms with van der Waals surface area (Å²) in [4.78, 5) is 0. The van der Waals surface area contributed by atoms with Gasteiger partial charge in [-0.15, -0.1) is 0 Å². The molecule has 732 valence electrons. The molecule has 0 saturated carbocycles. The van der Waals surface area contributed by atoms with Gasteiger partial charge in [0, 0.05) is 124 Å². The number of hydrogen-bond acceptors (Lipinski definition) is 12. The van der Waals surface area contributed by atoms with Gasteiger partial charge in [0.15, 0.2) is 0 Å². The van der Waals surface area contributed by atoms with Gasteiger partial charge in [0.25, 0.3) is 0 Å². The van der Waals surface area contributed by atoms with Crippen LogP contribution >= 0.6 is 0 Å². The molecular formula is C132H136N4O8. The molecule has 12 nitrogen and oxygen atoms in total. The van der Waals surface area contributed by atoms with E-state index in [1.165, 1.54) is 0 Å². The van der Waals surface area contributed by atoms with Crippen LogP contribution in [0.25, 0.3) is 88.1 Å². The zero-order chi connectivity index (χ0) is 102. The van der Waals surface area contributed by atoms with Crippen LogP contribution in [0.2, 0.25) is 0 Å². The second-order valence-corrected chi connectivity index (χ2v) is 50.2. The molecule has 0 fully saturated rings. The molecule has 12 heteroatoms. The van der Waals surface area contributed by atoms with E-state index in [1.807, 2.05) is 0 Å². The van der Waals surface area contributed by atoms with E-state index in [-0.39, 0.29) is 66.3 Å². The second kappa shape index (κ2) is 35.0.